The maximum Gasteiger partial charge on any atom is 0.188 e. The molecule has 0 amide bonds. The molecule has 324 valence electrons. The molecule has 6 heterocycles. The lowest BCUT2D eigenvalue weighted by molar-refractivity contribution is 0.436. The summed E-state index contributed by atoms with van der Waals surface area (Å²) < 4.78 is 11.6. The van der Waals surface area contributed by atoms with Crippen LogP contribution >= 0.6 is 11.8 Å². The van der Waals surface area contributed by atoms with Gasteiger partial charge in [0.15, 0.2) is 5.69 Å². The van der Waals surface area contributed by atoms with Crippen LogP contribution in [0.5, 0.6) is 11.5 Å². The highest BCUT2D eigenvalue weighted by atomic mass is 32.2. The summed E-state index contributed by atoms with van der Waals surface area (Å²) in [7, 11) is 0. The molecule has 0 radical (unpaired) electrons. The predicted molar refractivity (Wildman–Crippen MR) is 278 cm³/mol. The number of rotatable bonds is 3. The van der Waals surface area contributed by atoms with E-state index in [1.54, 1.807) is 11.8 Å². The van der Waals surface area contributed by atoms with E-state index in [0.29, 0.717) is 11.3 Å². The minimum Gasteiger partial charge on any atom is -0.457 e. The highest BCUT2D eigenvalue weighted by Crippen LogP contribution is 2.62. The molecule has 2 aliphatic heterocycles. The number of fused-ring (bicyclic) bond motifs is 17. The van der Waals surface area contributed by atoms with Crippen molar-refractivity contribution in [3.05, 3.63) is 240 Å². The number of benzene rings is 8. The van der Waals surface area contributed by atoms with E-state index in [1.165, 1.54) is 9.79 Å². The fraction of sp³-hybridized carbons (Fsp3) is 0.0164. The lowest BCUT2D eigenvalue weighted by Gasteiger charge is -2.39. The Bertz CT molecular complexity index is 4340. The minimum absolute atomic E-state index is 0.600. The van der Waals surface area contributed by atoms with E-state index < -0.39 is 5.41 Å². The molecule has 1 unspecified atom stereocenters. The van der Waals surface area contributed by atoms with Crippen LogP contribution in [0.1, 0.15) is 27.8 Å². The van der Waals surface area contributed by atoms with E-state index in [9.17, 15) is 5.26 Å². The third-order valence-corrected chi connectivity index (χ3v) is 15.6. The van der Waals surface area contributed by atoms with Gasteiger partial charge in [-0.3, -0.25) is 9.97 Å². The molecule has 15 rings (SSSR count). The zero-order valence-corrected chi connectivity index (χ0v) is 37.8. The number of aromatic nitrogens is 4. The Hall–Kier alpha value is -9.41. The Kier molecular flexibility index (Phi) is 7.90. The van der Waals surface area contributed by atoms with Gasteiger partial charge in [0.25, 0.3) is 0 Å². The molecule has 8 nitrogen and oxygen atoms in total. The van der Waals surface area contributed by atoms with Crippen molar-refractivity contribution in [2.75, 3.05) is 4.90 Å². The van der Waals surface area contributed by atoms with Crippen LogP contribution in [0.2, 0.25) is 0 Å². The first kappa shape index (κ1) is 38.7. The Morgan fingerprint density at radius 1 is 0.514 bits per heavy atom. The first-order chi connectivity index (χ1) is 34.6. The zero-order chi connectivity index (χ0) is 46.2. The van der Waals surface area contributed by atoms with Crippen molar-refractivity contribution < 1.29 is 4.74 Å². The van der Waals surface area contributed by atoms with Gasteiger partial charge in [0.05, 0.1) is 80.3 Å². The Morgan fingerprint density at radius 2 is 1.16 bits per heavy atom. The highest BCUT2D eigenvalue weighted by molar-refractivity contribution is 7.99. The fourth-order valence-electron chi connectivity index (χ4n) is 11.6. The second-order valence-electron chi connectivity index (χ2n) is 17.9. The lowest BCUT2D eigenvalue weighted by Crippen LogP contribution is -2.32. The average Bonchev–Trinajstić information content (AvgIpc) is 4.03. The van der Waals surface area contributed by atoms with Gasteiger partial charge in [-0.25, -0.2) is 4.85 Å². The van der Waals surface area contributed by atoms with Crippen molar-refractivity contribution >= 4 is 78.1 Å². The van der Waals surface area contributed by atoms with Gasteiger partial charge in [-0.1, -0.05) is 90.6 Å². The third kappa shape index (κ3) is 5.13. The van der Waals surface area contributed by atoms with Crippen LogP contribution in [0.3, 0.4) is 0 Å². The molecule has 1 atom stereocenters. The van der Waals surface area contributed by atoms with E-state index in [2.05, 4.69) is 164 Å². The van der Waals surface area contributed by atoms with Crippen molar-refractivity contribution in [2.24, 2.45) is 0 Å². The first-order valence-electron chi connectivity index (χ1n) is 23.0. The summed E-state index contributed by atoms with van der Waals surface area (Å²) in [5, 5.41) is 14.3. The van der Waals surface area contributed by atoms with Crippen LogP contribution in [0, 0.1) is 17.9 Å². The number of nitriles is 1. The summed E-state index contributed by atoms with van der Waals surface area (Å²) in [6.07, 6.45) is 3.80. The number of anilines is 3. The van der Waals surface area contributed by atoms with Gasteiger partial charge < -0.3 is 18.8 Å². The zero-order valence-electron chi connectivity index (χ0n) is 37.0. The number of hydrogen-bond donors (Lipinski definition) is 0. The Labute approximate surface area is 405 Å². The normalized spacial score (nSPS) is 14.9. The summed E-state index contributed by atoms with van der Waals surface area (Å²) >= 11 is 1.79. The lowest BCUT2D eigenvalue weighted by atomic mass is 9.66. The summed E-state index contributed by atoms with van der Waals surface area (Å²) in [6, 6.07) is 67.9. The number of nitrogens with zero attached hydrogens (tertiary/aromatic N) is 7. The highest BCUT2D eigenvalue weighted by Gasteiger charge is 2.52. The molecule has 0 N–H and O–H groups in total. The first-order valence-corrected chi connectivity index (χ1v) is 23.9. The maximum atomic E-state index is 10.2. The largest absolute Gasteiger partial charge is 0.457 e. The van der Waals surface area contributed by atoms with Gasteiger partial charge in [0.2, 0.25) is 0 Å². The van der Waals surface area contributed by atoms with E-state index in [4.69, 9.17) is 21.3 Å². The van der Waals surface area contributed by atoms with Crippen LogP contribution in [-0.2, 0) is 5.41 Å². The van der Waals surface area contributed by atoms with Crippen LogP contribution in [0.4, 0.5) is 22.7 Å². The molecular weight excluding hydrogens is 879 g/mol. The number of hydrogen-bond acceptors (Lipinski definition) is 6. The molecule has 0 saturated heterocycles. The molecule has 12 aromatic rings. The molecule has 1 spiro atoms. The predicted octanol–water partition coefficient (Wildman–Crippen LogP) is 15.5. The molecule has 1 aliphatic carbocycles. The van der Waals surface area contributed by atoms with Gasteiger partial charge in [0, 0.05) is 66.3 Å². The van der Waals surface area contributed by atoms with Gasteiger partial charge in [-0.15, -0.1) is 0 Å². The van der Waals surface area contributed by atoms with Crippen LogP contribution in [-0.4, -0.2) is 19.1 Å². The number of ether oxygens (including phenoxy) is 1. The standard InChI is InChI=1S/C61H33N7OS/c1-63-37-21-26-51-43(30-37)41-11-2-4-14-49(41)68(51)40-32-48-60(65-35-40)59-47(13-10-28-64-59)61(48)45-12-3-7-17-55(45)69-56-33-39(22-24-46(56)61)66-50-25-20-36(34-62)29-42(50)44-31-38(23-27-52(44)66)67-53-15-5-8-18-57(53)70-58-19-9-6-16-54(58)67/h2-33,35H. The maximum absolute atomic E-state index is 10.2. The number of pyridine rings is 2. The SMILES string of the molecule is [C-]#[N+]c1ccc2c(c1)c1ccccc1n2-c1cnc2c(c1)C1(c3ccccc3Oc3cc(-n4c5ccc(C#N)cc5c5cc(N6c7ccccc7Sc7ccccc76)ccc54)ccc31)c1cccnc1-2. The van der Waals surface area contributed by atoms with Gasteiger partial charge in [-0.2, -0.15) is 5.26 Å². The Morgan fingerprint density at radius 3 is 1.99 bits per heavy atom. The van der Waals surface area contributed by atoms with Crippen molar-refractivity contribution in [1.82, 2.24) is 19.1 Å². The van der Waals surface area contributed by atoms with Crippen molar-refractivity contribution in [3.63, 3.8) is 0 Å². The smallest absolute Gasteiger partial charge is 0.188 e. The monoisotopic (exact) mass is 911 g/mol. The van der Waals surface area contributed by atoms with Gasteiger partial charge >= 0.3 is 0 Å². The van der Waals surface area contributed by atoms with Crippen LogP contribution in [0.25, 0.3) is 71.2 Å². The molecule has 9 heteroatoms. The minimum atomic E-state index is -0.836. The van der Waals surface area contributed by atoms with Crippen molar-refractivity contribution in [2.45, 2.75) is 15.2 Å². The summed E-state index contributed by atoms with van der Waals surface area (Å²) in [5.74, 6) is 1.49. The molecule has 0 bridgehead atoms. The summed E-state index contributed by atoms with van der Waals surface area (Å²) in [6.45, 7) is 7.78. The summed E-state index contributed by atoms with van der Waals surface area (Å²) in [4.78, 5) is 18.9. The second kappa shape index (κ2) is 14.3. The average molecular weight is 912 g/mol. The van der Waals surface area contributed by atoms with E-state index >= 15 is 0 Å². The van der Waals surface area contributed by atoms with Gasteiger partial charge in [-0.05, 0) is 114 Å². The molecule has 0 fully saturated rings. The van der Waals surface area contributed by atoms with E-state index in [1.807, 2.05) is 60.9 Å². The van der Waals surface area contributed by atoms with E-state index in [-0.39, 0.29) is 0 Å². The molecular formula is C61H33N7OS. The fourth-order valence-corrected chi connectivity index (χ4v) is 12.7. The topological polar surface area (TPSA) is 76.3 Å². The molecule has 8 aromatic carbocycles. The molecule has 70 heavy (non-hydrogen) atoms. The van der Waals surface area contributed by atoms with Crippen molar-refractivity contribution in [1.29, 1.82) is 5.26 Å². The summed E-state index contributed by atoms with van der Waals surface area (Å²) in [5.41, 5.74) is 15.2. The van der Waals surface area contributed by atoms with Crippen LogP contribution < -0.4 is 9.64 Å². The molecule has 3 aliphatic rings. The molecule has 4 aromatic heterocycles. The van der Waals surface area contributed by atoms with Gasteiger partial charge in [0.1, 0.15) is 11.5 Å². The van der Waals surface area contributed by atoms with E-state index in [0.717, 1.165) is 117 Å². The second-order valence-corrected chi connectivity index (χ2v) is 19.0. The molecule has 0 saturated carbocycles. The number of para-hydroxylation sites is 4. The third-order valence-electron chi connectivity index (χ3n) is 14.5. The van der Waals surface area contributed by atoms with Crippen LogP contribution in [0.15, 0.2) is 210 Å². The van der Waals surface area contributed by atoms with Crippen molar-refractivity contribution in [3.8, 4) is 40.3 Å². The Balaban J connectivity index is 0.953. The quantitative estimate of drug-likeness (QED) is 0.164.